The van der Waals surface area contributed by atoms with Gasteiger partial charge in [-0.05, 0) is 12.8 Å². The smallest absolute Gasteiger partial charge is 0.305 e. The van der Waals surface area contributed by atoms with Crippen LogP contribution in [-0.2, 0) is 9.53 Å². The molecule has 0 aromatic heterocycles. The van der Waals surface area contributed by atoms with E-state index in [1.54, 1.807) is 0 Å². The van der Waals surface area contributed by atoms with Gasteiger partial charge < -0.3 is 9.84 Å². The third-order valence-electron chi connectivity index (χ3n) is 1.90. The van der Waals surface area contributed by atoms with Crippen molar-refractivity contribution in [1.82, 2.24) is 0 Å². The summed E-state index contributed by atoms with van der Waals surface area (Å²) in [5, 5.41) is 9.87. The van der Waals surface area contributed by atoms with Crippen LogP contribution in [0.25, 0.3) is 0 Å². The van der Waals surface area contributed by atoms with Crippen LogP contribution in [-0.4, -0.2) is 16.9 Å². The van der Waals surface area contributed by atoms with Gasteiger partial charge in [0.2, 0.25) is 5.79 Å². The number of carbonyl (C=O) groups is 1. The van der Waals surface area contributed by atoms with E-state index < -0.39 is 11.8 Å². The van der Waals surface area contributed by atoms with Gasteiger partial charge in [-0.25, -0.2) is 0 Å². The molecule has 0 fully saturated rings. The molecule has 0 amide bonds. The molecule has 0 radical (unpaired) electrons. The molecule has 1 unspecified atom stereocenters. The van der Waals surface area contributed by atoms with Crippen LogP contribution >= 0.6 is 0 Å². The van der Waals surface area contributed by atoms with Crippen molar-refractivity contribution in [2.45, 2.75) is 58.7 Å². The van der Waals surface area contributed by atoms with Crippen molar-refractivity contribution in [3.8, 4) is 0 Å². The second-order valence-corrected chi connectivity index (χ2v) is 3.39. The fourth-order valence-corrected chi connectivity index (χ4v) is 1.34. The number of esters is 1. The first kappa shape index (κ1) is 12.4. The summed E-state index contributed by atoms with van der Waals surface area (Å²) < 4.78 is 4.90. The van der Waals surface area contributed by atoms with Crippen molar-refractivity contribution in [1.29, 1.82) is 0 Å². The molecule has 0 aliphatic rings. The van der Waals surface area contributed by atoms with Gasteiger partial charge in [0.05, 0.1) is 0 Å². The number of ether oxygens (including phenoxy) is 1. The monoisotopic (exact) mass is 188 g/mol. The highest BCUT2D eigenvalue weighted by atomic mass is 16.7. The van der Waals surface area contributed by atoms with Gasteiger partial charge in [0.1, 0.15) is 0 Å². The van der Waals surface area contributed by atoms with Crippen LogP contribution in [0.1, 0.15) is 52.9 Å². The molecular weight excluding hydrogens is 168 g/mol. The first-order chi connectivity index (χ1) is 6.04. The zero-order valence-corrected chi connectivity index (χ0v) is 8.80. The molecule has 0 saturated carbocycles. The lowest BCUT2D eigenvalue weighted by Gasteiger charge is -2.26. The maximum Gasteiger partial charge on any atom is 0.305 e. The molecule has 3 heteroatoms. The number of carbonyl (C=O) groups excluding carboxylic acids is 1. The molecule has 0 spiro atoms. The molecule has 78 valence electrons. The summed E-state index contributed by atoms with van der Waals surface area (Å²) in [4.78, 5) is 10.7. The highest BCUT2D eigenvalue weighted by Crippen LogP contribution is 2.21. The van der Waals surface area contributed by atoms with Gasteiger partial charge in [-0.1, -0.05) is 20.3 Å². The van der Waals surface area contributed by atoms with Crippen LogP contribution in [0.5, 0.6) is 0 Å². The minimum Gasteiger partial charge on any atom is -0.433 e. The summed E-state index contributed by atoms with van der Waals surface area (Å²) in [5.74, 6) is -1.64. The molecule has 0 aliphatic carbocycles. The van der Waals surface area contributed by atoms with Gasteiger partial charge in [0.15, 0.2) is 0 Å². The Kier molecular flexibility index (Phi) is 5.71. The van der Waals surface area contributed by atoms with Crippen molar-refractivity contribution in [2.24, 2.45) is 0 Å². The minimum atomic E-state index is -1.23. The van der Waals surface area contributed by atoms with E-state index in [-0.39, 0.29) is 0 Å². The molecule has 1 atom stereocenters. The molecule has 13 heavy (non-hydrogen) atoms. The largest absolute Gasteiger partial charge is 0.433 e. The van der Waals surface area contributed by atoms with E-state index in [4.69, 9.17) is 4.74 Å². The van der Waals surface area contributed by atoms with Crippen LogP contribution in [0.15, 0.2) is 0 Å². The second kappa shape index (κ2) is 5.97. The summed E-state index contributed by atoms with van der Waals surface area (Å²) in [7, 11) is 0. The lowest BCUT2D eigenvalue weighted by Crippen LogP contribution is -2.34. The van der Waals surface area contributed by atoms with Crippen LogP contribution < -0.4 is 0 Å². The van der Waals surface area contributed by atoms with E-state index in [0.29, 0.717) is 12.8 Å². The van der Waals surface area contributed by atoms with Crippen LogP contribution in [0, 0.1) is 0 Å². The molecule has 0 heterocycles. The number of hydrogen-bond acceptors (Lipinski definition) is 3. The maximum absolute atomic E-state index is 10.7. The van der Waals surface area contributed by atoms with Crippen molar-refractivity contribution < 1.29 is 14.6 Å². The number of aliphatic hydroxyl groups is 1. The Morgan fingerprint density at radius 1 is 1.31 bits per heavy atom. The minimum absolute atomic E-state index is 0.410. The van der Waals surface area contributed by atoms with E-state index in [1.165, 1.54) is 6.92 Å². The highest BCUT2D eigenvalue weighted by molar-refractivity contribution is 5.66. The molecule has 0 rings (SSSR count). The molecule has 0 aromatic carbocycles. The fraction of sp³-hybridized carbons (Fsp3) is 0.900. The fourth-order valence-electron chi connectivity index (χ4n) is 1.34. The zero-order valence-electron chi connectivity index (χ0n) is 8.80. The average Bonchev–Trinajstić information content (AvgIpc) is 2.00. The zero-order chi connectivity index (χ0) is 10.3. The molecule has 0 aromatic rings. The first-order valence-electron chi connectivity index (χ1n) is 4.96. The molecule has 0 saturated heterocycles. The van der Waals surface area contributed by atoms with Gasteiger partial charge in [0.25, 0.3) is 0 Å². The highest BCUT2D eigenvalue weighted by Gasteiger charge is 2.28. The number of unbranched alkanes of at least 4 members (excludes halogenated alkanes) is 1. The number of rotatable bonds is 6. The predicted molar refractivity (Wildman–Crippen MR) is 51.1 cm³/mol. The molecule has 0 aliphatic heterocycles. The summed E-state index contributed by atoms with van der Waals surface area (Å²) in [5.41, 5.74) is 0. The van der Waals surface area contributed by atoms with E-state index in [9.17, 15) is 9.90 Å². The van der Waals surface area contributed by atoms with Crippen molar-refractivity contribution >= 4 is 5.97 Å². The second-order valence-electron chi connectivity index (χ2n) is 3.39. The van der Waals surface area contributed by atoms with Crippen LogP contribution in [0.3, 0.4) is 0 Å². The molecule has 1 N–H and O–H groups in total. The van der Waals surface area contributed by atoms with Gasteiger partial charge >= 0.3 is 5.97 Å². The molecular formula is C10H20O3. The Morgan fingerprint density at radius 3 is 2.31 bits per heavy atom. The maximum atomic E-state index is 10.7. The average molecular weight is 188 g/mol. The summed E-state index contributed by atoms with van der Waals surface area (Å²) >= 11 is 0. The topological polar surface area (TPSA) is 46.5 Å². The third kappa shape index (κ3) is 5.64. The Labute approximate surface area is 80.1 Å². The van der Waals surface area contributed by atoms with Crippen molar-refractivity contribution in [3.63, 3.8) is 0 Å². The summed E-state index contributed by atoms with van der Waals surface area (Å²) in [6.07, 6.45) is 3.74. The van der Waals surface area contributed by atoms with Gasteiger partial charge in [0, 0.05) is 19.8 Å². The third-order valence-corrected chi connectivity index (χ3v) is 1.90. The van der Waals surface area contributed by atoms with E-state index in [0.717, 1.165) is 19.3 Å². The Bertz CT molecular complexity index is 156. The normalized spacial score (nSPS) is 15.1. The van der Waals surface area contributed by atoms with Crippen molar-refractivity contribution in [2.75, 3.05) is 0 Å². The SMILES string of the molecule is CCCCC(O)(CCC)OC(C)=O. The molecule has 0 bridgehead atoms. The number of hydrogen-bond donors (Lipinski definition) is 1. The van der Waals surface area contributed by atoms with Crippen LogP contribution in [0.2, 0.25) is 0 Å². The van der Waals surface area contributed by atoms with E-state index in [2.05, 4.69) is 0 Å². The van der Waals surface area contributed by atoms with E-state index in [1.807, 2.05) is 13.8 Å². The first-order valence-corrected chi connectivity index (χ1v) is 4.96. The lowest BCUT2D eigenvalue weighted by atomic mass is 10.0. The molecule has 3 nitrogen and oxygen atoms in total. The van der Waals surface area contributed by atoms with Gasteiger partial charge in [-0.3, -0.25) is 4.79 Å². The van der Waals surface area contributed by atoms with Crippen LogP contribution in [0.4, 0.5) is 0 Å². The lowest BCUT2D eigenvalue weighted by molar-refractivity contribution is -0.213. The Hall–Kier alpha value is -0.570. The predicted octanol–water partition coefficient (Wildman–Crippen LogP) is 2.23. The van der Waals surface area contributed by atoms with Crippen molar-refractivity contribution in [3.05, 3.63) is 0 Å². The quantitative estimate of drug-likeness (QED) is 0.513. The van der Waals surface area contributed by atoms with Gasteiger partial charge in [-0.2, -0.15) is 0 Å². The Morgan fingerprint density at radius 2 is 1.92 bits per heavy atom. The summed E-state index contributed by atoms with van der Waals surface area (Å²) in [6.45, 7) is 5.33. The van der Waals surface area contributed by atoms with E-state index >= 15 is 0 Å². The standard InChI is InChI=1S/C10H20O3/c1-4-6-8-10(12,7-5-2)13-9(3)11/h12H,4-8H2,1-3H3. The summed E-state index contributed by atoms with van der Waals surface area (Å²) in [6, 6.07) is 0. The van der Waals surface area contributed by atoms with Gasteiger partial charge in [-0.15, -0.1) is 0 Å². The Balaban J connectivity index is 4.06.